The molecule has 0 rings (SSSR count). The zero-order chi connectivity index (χ0) is 4.99. The molecule has 0 atom stereocenters. The molecule has 0 saturated carbocycles. The average molecular weight is 147 g/mol. The van der Waals surface area contributed by atoms with E-state index in [1.807, 2.05) is 0 Å². The molecule has 6 heavy (non-hydrogen) atoms. The van der Waals surface area contributed by atoms with Crippen molar-refractivity contribution in [1.82, 2.24) is 0 Å². The summed E-state index contributed by atoms with van der Waals surface area (Å²) in [7, 11) is 0. The zero-order valence-corrected chi connectivity index (χ0v) is 5.16. The minimum absolute atomic E-state index is 0.589. The molecular weight excluding hydrogens is 140 g/mol. The molecule has 1 heteroatoms. The zero-order valence-electron chi connectivity index (χ0n) is 3.58. The normalized spacial score (nSPS) is 8.33. The molecule has 0 N–H and O–H groups in total. The van der Waals surface area contributed by atoms with Gasteiger partial charge in [-0.25, -0.2) is 0 Å². The third kappa shape index (κ3) is 2.46. The van der Waals surface area contributed by atoms with Crippen LogP contribution >= 0.6 is 15.9 Å². The van der Waals surface area contributed by atoms with Crippen LogP contribution in [0.1, 0.15) is 6.42 Å². The predicted octanol–water partition coefficient (Wildman–Crippen LogP) is 2.04. The highest BCUT2D eigenvalue weighted by Crippen LogP contribution is 1.98. The summed E-state index contributed by atoms with van der Waals surface area (Å²) in [6.45, 7) is 8.77. The average Bonchev–Trinajstić information content (AvgIpc) is 1.65. The number of hydrogen-bond acceptors (Lipinski definition) is 0. The summed E-state index contributed by atoms with van der Waals surface area (Å²) in [5.74, 6) is 0. The molecule has 0 nitrogen and oxygen atoms in total. The fourth-order valence-corrected chi connectivity index (χ4v) is 0.283. The van der Waals surface area contributed by atoms with Crippen molar-refractivity contribution in [3.8, 4) is 0 Å². The van der Waals surface area contributed by atoms with Gasteiger partial charge in [0.25, 0.3) is 0 Å². The van der Waals surface area contributed by atoms with Crippen molar-refractivity contribution in [3.05, 3.63) is 19.1 Å². The van der Waals surface area contributed by atoms with Gasteiger partial charge in [-0.15, -0.1) is 0 Å². The maximum absolute atomic E-state index is 5.15. The van der Waals surface area contributed by atoms with E-state index in [4.69, 9.17) is 6.92 Å². The van der Waals surface area contributed by atoms with Gasteiger partial charge in [-0.2, -0.15) is 0 Å². The number of rotatable bonds is 2. The van der Waals surface area contributed by atoms with E-state index in [0.717, 1.165) is 10.9 Å². The molecule has 0 amide bonds. The number of allylic oxidation sites excluding steroid dienone is 1. The van der Waals surface area contributed by atoms with Crippen LogP contribution in [0.4, 0.5) is 0 Å². The van der Waals surface area contributed by atoms with Crippen molar-refractivity contribution in [2.45, 2.75) is 6.42 Å². The lowest BCUT2D eigenvalue weighted by atomic mass is 10.3. The van der Waals surface area contributed by atoms with Gasteiger partial charge in [0, 0.05) is 5.33 Å². The van der Waals surface area contributed by atoms with Crippen LogP contribution in [-0.2, 0) is 0 Å². The predicted molar refractivity (Wildman–Crippen MR) is 31.9 cm³/mol. The van der Waals surface area contributed by atoms with Gasteiger partial charge < -0.3 is 0 Å². The summed E-state index contributed by atoms with van der Waals surface area (Å²) in [5.41, 5.74) is 1.04. The molecule has 0 aromatic heterocycles. The molecule has 0 bridgehead atoms. The van der Waals surface area contributed by atoms with Gasteiger partial charge in [0.05, 0.1) is 0 Å². The molecule has 0 unspecified atom stereocenters. The van der Waals surface area contributed by atoms with Crippen molar-refractivity contribution in [3.63, 3.8) is 0 Å². The van der Waals surface area contributed by atoms with E-state index in [9.17, 15) is 0 Å². The first kappa shape index (κ1) is 6.22. The second kappa shape index (κ2) is 3.41. The van der Waals surface area contributed by atoms with Crippen LogP contribution in [0.15, 0.2) is 12.2 Å². The molecule has 0 aliphatic heterocycles. The largest absolute Gasteiger partial charge is 0.0990 e. The third-order valence-electron chi connectivity index (χ3n) is 0.478. The molecule has 0 spiro atoms. The molecule has 0 heterocycles. The Kier molecular flexibility index (Phi) is 3.54. The van der Waals surface area contributed by atoms with E-state index in [-0.39, 0.29) is 0 Å². The van der Waals surface area contributed by atoms with Gasteiger partial charge in [0.2, 0.25) is 0 Å². The minimum atomic E-state index is 0.589. The monoisotopic (exact) mass is 146 g/mol. The minimum Gasteiger partial charge on any atom is -0.0990 e. The van der Waals surface area contributed by atoms with Crippen LogP contribution in [0.3, 0.4) is 0 Å². The lowest BCUT2D eigenvalue weighted by Crippen LogP contribution is -1.73. The Hall–Kier alpha value is 0.220. The second-order valence-electron chi connectivity index (χ2n) is 1.09. The Morgan fingerprint density at radius 1 is 1.83 bits per heavy atom. The van der Waals surface area contributed by atoms with Crippen molar-refractivity contribution < 1.29 is 0 Å². The Morgan fingerprint density at radius 2 is 2.33 bits per heavy atom. The molecule has 2 radical (unpaired) electrons. The summed E-state index contributed by atoms with van der Waals surface area (Å²) >= 11 is 3.20. The number of halogens is 1. The Balaban J connectivity index is 2.99. The summed E-state index contributed by atoms with van der Waals surface area (Å²) in [6, 6.07) is 0. The maximum Gasteiger partial charge on any atom is 0.0239 e. The molecule has 34 valence electrons. The topological polar surface area (TPSA) is 0 Å². The molecule has 0 aliphatic carbocycles. The standard InChI is InChI=1S/C5H7Br/c1-3-5(2)4-6/h1H,2-4H2. The van der Waals surface area contributed by atoms with Gasteiger partial charge in [0.15, 0.2) is 0 Å². The highest BCUT2D eigenvalue weighted by molar-refractivity contribution is 9.09. The Morgan fingerprint density at radius 3 is 2.33 bits per heavy atom. The molecular formula is C5H7Br. The first-order valence-corrected chi connectivity index (χ1v) is 2.86. The molecule has 0 fully saturated rings. The van der Waals surface area contributed by atoms with Crippen LogP contribution < -0.4 is 0 Å². The first-order valence-electron chi connectivity index (χ1n) is 1.74. The number of hydrogen-bond donors (Lipinski definition) is 0. The number of alkyl halides is 1. The Labute approximate surface area is 47.4 Å². The van der Waals surface area contributed by atoms with Crippen molar-refractivity contribution in [1.29, 1.82) is 0 Å². The van der Waals surface area contributed by atoms with Crippen LogP contribution in [0, 0.1) is 6.92 Å². The van der Waals surface area contributed by atoms with Gasteiger partial charge in [-0.1, -0.05) is 28.1 Å². The van der Waals surface area contributed by atoms with E-state index in [2.05, 4.69) is 22.5 Å². The van der Waals surface area contributed by atoms with Gasteiger partial charge >= 0.3 is 0 Å². The first-order chi connectivity index (χ1) is 2.81. The second-order valence-corrected chi connectivity index (χ2v) is 1.65. The summed E-state index contributed by atoms with van der Waals surface area (Å²) in [4.78, 5) is 0. The van der Waals surface area contributed by atoms with Gasteiger partial charge in [0.1, 0.15) is 0 Å². The van der Waals surface area contributed by atoms with Crippen LogP contribution in [0.25, 0.3) is 0 Å². The fourth-order valence-electron chi connectivity index (χ4n) is 0.0546. The van der Waals surface area contributed by atoms with E-state index in [1.165, 1.54) is 0 Å². The highest BCUT2D eigenvalue weighted by Gasteiger charge is 1.79. The van der Waals surface area contributed by atoms with Crippen molar-refractivity contribution >= 4 is 15.9 Å². The molecule has 0 saturated heterocycles. The van der Waals surface area contributed by atoms with Crippen molar-refractivity contribution in [2.75, 3.05) is 5.33 Å². The SMILES string of the molecule is [CH]CC(=C)CBr. The summed E-state index contributed by atoms with van der Waals surface area (Å²) in [6.07, 6.45) is 0.589. The van der Waals surface area contributed by atoms with Gasteiger partial charge in [-0.3, -0.25) is 0 Å². The molecule has 0 aromatic rings. The van der Waals surface area contributed by atoms with E-state index in [0.29, 0.717) is 6.42 Å². The summed E-state index contributed by atoms with van der Waals surface area (Å²) < 4.78 is 0. The quantitative estimate of drug-likeness (QED) is 0.414. The smallest absolute Gasteiger partial charge is 0.0239 e. The van der Waals surface area contributed by atoms with Crippen LogP contribution in [0.2, 0.25) is 0 Å². The fraction of sp³-hybridized carbons (Fsp3) is 0.400. The Bertz CT molecular complexity index is 41.9. The van der Waals surface area contributed by atoms with E-state index < -0.39 is 0 Å². The molecule has 0 aromatic carbocycles. The third-order valence-corrected chi connectivity index (χ3v) is 1.27. The molecule has 0 aliphatic rings. The van der Waals surface area contributed by atoms with E-state index >= 15 is 0 Å². The van der Waals surface area contributed by atoms with Crippen LogP contribution in [0.5, 0.6) is 0 Å². The lowest BCUT2D eigenvalue weighted by Gasteiger charge is -1.87. The summed E-state index contributed by atoms with van der Waals surface area (Å²) in [5, 5.41) is 0.823. The van der Waals surface area contributed by atoms with Gasteiger partial charge in [-0.05, 0) is 13.3 Å². The lowest BCUT2D eigenvalue weighted by molar-refractivity contribution is 1.25. The maximum atomic E-state index is 5.15. The van der Waals surface area contributed by atoms with Crippen molar-refractivity contribution in [2.24, 2.45) is 0 Å². The van der Waals surface area contributed by atoms with E-state index in [1.54, 1.807) is 0 Å². The van der Waals surface area contributed by atoms with Crippen LogP contribution in [-0.4, -0.2) is 5.33 Å². The highest BCUT2D eigenvalue weighted by atomic mass is 79.9.